The lowest BCUT2D eigenvalue weighted by Crippen LogP contribution is -2.08. The molecule has 0 saturated carbocycles. The van der Waals surface area contributed by atoms with Gasteiger partial charge in [0.15, 0.2) is 5.75 Å². The maximum absolute atomic E-state index is 10.8. The number of nitrogen functional groups attached to an aromatic ring is 1. The van der Waals surface area contributed by atoms with Crippen molar-refractivity contribution in [2.24, 2.45) is 0 Å². The summed E-state index contributed by atoms with van der Waals surface area (Å²) in [5.74, 6) is 0.237. The van der Waals surface area contributed by atoms with Gasteiger partial charge in [0.1, 0.15) is 0 Å². The fourth-order valence-corrected chi connectivity index (χ4v) is 2.20. The van der Waals surface area contributed by atoms with Gasteiger partial charge in [-0.15, -0.1) is 8.42 Å². The topological polar surface area (TPSA) is 78.6 Å². The van der Waals surface area contributed by atoms with E-state index in [0.29, 0.717) is 10.2 Å². The highest BCUT2D eigenvalue weighted by Gasteiger charge is 2.31. The van der Waals surface area contributed by atoms with Crippen molar-refractivity contribution >= 4 is 32.0 Å². The van der Waals surface area contributed by atoms with E-state index < -0.39 is 10.4 Å². The summed E-state index contributed by atoms with van der Waals surface area (Å²) in [6.45, 7) is 0. The SMILES string of the molecule is Nc1ccc2c(c1Br)OS(=O)(=O)O2. The lowest BCUT2D eigenvalue weighted by Gasteiger charge is -1.98. The Balaban J connectivity index is 2.65. The van der Waals surface area contributed by atoms with Crippen LogP contribution < -0.4 is 14.1 Å². The van der Waals surface area contributed by atoms with E-state index in [1.165, 1.54) is 12.1 Å². The molecule has 1 aromatic carbocycles. The highest BCUT2D eigenvalue weighted by molar-refractivity contribution is 9.10. The average Bonchev–Trinajstić information content (AvgIpc) is 2.34. The first-order valence-electron chi connectivity index (χ1n) is 3.21. The van der Waals surface area contributed by atoms with E-state index in [-0.39, 0.29) is 11.5 Å². The summed E-state index contributed by atoms with van der Waals surface area (Å²) < 4.78 is 31.1. The van der Waals surface area contributed by atoms with E-state index in [2.05, 4.69) is 24.3 Å². The van der Waals surface area contributed by atoms with E-state index in [1.807, 2.05) is 0 Å². The fourth-order valence-electron chi connectivity index (χ4n) is 0.926. The molecule has 70 valence electrons. The van der Waals surface area contributed by atoms with Gasteiger partial charge in [-0.2, -0.15) is 0 Å². The molecule has 1 heterocycles. The largest absolute Gasteiger partial charge is 0.501 e. The standard InChI is InChI=1S/C6H4BrNO4S/c7-5-3(8)1-2-4-6(5)12-13(9,10)11-4/h1-2H,8H2. The molecule has 0 amide bonds. The summed E-state index contributed by atoms with van der Waals surface area (Å²) in [4.78, 5) is 0. The number of halogens is 1. The van der Waals surface area contributed by atoms with Crippen LogP contribution in [0.5, 0.6) is 11.5 Å². The predicted octanol–water partition coefficient (Wildman–Crippen LogP) is 1.05. The summed E-state index contributed by atoms with van der Waals surface area (Å²) >= 11 is 3.09. The van der Waals surface area contributed by atoms with Crippen LogP contribution in [0.1, 0.15) is 0 Å². The molecule has 7 heteroatoms. The van der Waals surface area contributed by atoms with Gasteiger partial charge < -0.3 is 14.1 Å². The zero-order chi connectivity index (χ0) is 9.64. The van der Waals surface area contributed by atoms with Crippen LogP contribution in [0.25, 0.3) is 0 Å². The molecule has 1 aliphatic heterocycles. The molecule has 0 spiro atoms. The van der Waals surface area contributed by atoms with Crippen LogP contribution >= 0.6 is 15.9 Å². The zero-order valence-electron chi connectivity index (χ0n) is 6.15. The molecule has 13 heavy (non-hydrogen) atoms. The molecule has 0 aromatic heterocycles. The van der Waals surface area contributed by atoms with Gasteiger partial charge in [-0.1, -0.05) is 0 Å². The molecule has 0 fully saturated rings. The van der Waals surface area contributed by atoms with E-state index in [9.17, 15) is 8.42 Å². The number of rotatable bonds is 0. The highest BCUT2D eigenvalue weighted by atomic mass is 79.9. The fraction of sp³-hybridized carbons (Fsp3) is 0. The smallest absolute Gasteiger partial charge is 0.398 e. The number of benzene rings is 1. The van der Waals surface area contributed by atoms with Crippen LogP contribution in [0.2, 0.25) is 0 Å². The minimum Gasteiger partial charge on any atom is -0.398 e. The van der Waals surface area contributed by atoms with E-state index in [0.717, 1.165) is 0 Å². The minimum absolute atomic E-state index is 0.0972. The molecule has 0 bridgehead atoms. The molecule has 0 radical (unpaired) electrons. The molecule has 2 rings (SSSR count). The average molecular weight is 266 g/mol. The van der Waals surface area contributed by atoms with Gasteiger partial charge in [0.05, 0.1) is 4.47 Å². The second-order valence-corrected chi connectivity index (χ2v) is 4.31. The van der Waals surface area contributed by atoms with Crippen molar-refractivity contribution in [2.75, 3.05) is 5.73 Å². The van der Waals surface area contributed by atoms with Gasteiger partial charge in [0, 0.05) is 5.69 Å². The van der Waals surface area contributed by atoms with Crippen molar-refractivity contribution in [3.8, 4) is 11.5 Å². The van der Waals surface area contributed by atoms with Crippen molar-refractivity contribution in [3.63, 3.8) is 0 Å². The summed E-state index contributed by atoms with van der Waals surface area (Å²) in [6, 6.07) is 2.95. The Bertz CT molecular complexity index is 470. The predicted molar refractivity (Wildman–Crippen MR) is 48.7 cm³/mol. The molecule has 0 atom stereocenters. The third-order valence-electron chi connectivity index (χ3n) is 1.47. The van der Waals surface area contributed by atoms with Crippen LogP contribution in [-0.4, -0.2) is 8.42 Å². The highest BCUT2D eigenvalue weighted by Crippen LogP contribution is 2.44. The van der Waals surface area contributed by atoms with Crippen LogP contribution in [-0.2, 0) is 10.4 Å². The van der Waals surface area contributed by atoms with Crippen molar-refractivity contribution in [1.29, 1.82) is 0 Å². The first kappa shape index (κ1) is 8.64. The van der Waals surface area contributed by atoms with Crippen LogP contribution in [0.15, 0.2) is 16.6 Å². The van der Waals surface area contributed by atoms with E-state index in [4.69, 9.17) is 5.73 Å². The molecule has 0 aliphatic carbocycles. The molecular weight excluding hydrogens is 262 g/mol. The van der Waals surface area contributed by atoms with Crippen LogP contribution in [0.4, 0.5) is 5.69 Å². The Morgan fingerprint density at radius 3 is 2.69 bits per heavy atom. The second kappa shape index (κ2) is 2.52. The Kier molecular flexibility index (Phi) is 1.67. The van der Waals surface area contributed by atoms with Crippen LogP contribution in [0, 0.1) is 0 Å². The second-order valence-electron chi connectivity index (χ2n) is 2.37. The Morgan fingerprint density at radius 2 is 2.00 bits per heavy atom. The normalized spacial score (nSPS) is 17.3. The molecule has 1 aromatic rings. The van der Waals surface area contributed by atoms with Crippen molar-refractivity contribution in [2.45, 2.75) is 0 Å². The number of fused-ring (bicyclic) bond motifs is 1. The maximum Gasteiger partial charge on any atom is 0.501 e. The molecule has 0 saturated heterocycles. The molecule has 5 nitrogen and oxygen atoms in total. The van der Waals surface area contributed by atoms with Gasteiger partial charge in [-0.05, 0) is 28.1 Å². The van der Waals surface area contributed by atoms with Gasteiger partial charge in [0.25, 0.3) is 0 Å². The number of hydrogen-bond acceptors (Lipinski definition) is 5. The lowest BCUT2D eigenvalue weighted by atomic mass is 10.3. The lowest BCUT2D eigenvalue weighted by molar-refractivity contribution is 0.436. The summed E-state index contributed by atoms with van der Waals surface area (Å²) in [5.41, 5.74) is 5.89. The van der Waals surface area contributed by atoms with Crippen LogP contribution in [0.3, 0.4) is 0 Å². The number of anilines is 1. The maximum atomic E-state index is 10.8. The first-order chi connectivity index (χ1) is 5.99. The monoisotopic (exact) mass is 265 g/mol. The quantitative estimate of drug-likeness (QED) is 0.710. The summed E-state index contributed by atoms with van der Waals surface area (Å²) in [6.07, 6.45) is 0. The van der Waals surface area contributed by atoms with Gasteiger partial charge in [-0.3, -0.25) is 0 Å². The van der Waals surface area contributed by atoms with Gasteiger partial charge in [-0.25, -0.2) is 0 Å². The molecule has 0 unspecified atom stereocenters. The van der Waals surface area contributed by atoms with Gasteiger partial charge in [0.2, 0.25) is 5.75 Å². The first-order valence-corrected chi connectivity index (χ1v) is 5.34. The zero-order valence-corrected chi connectivity index (χ0v) is 8.55. The van der Waals surface area contributed by atoms with Crippen molar-refractivity contribution in [3.05, 3.63) is 16.6 Å². The summed E-state index contributed by atoms with van der Waals surface area (Å²) in [5, 5.41) is 0. The minimum atomic E-state index is -3.93. The Hall–Kier alpha value is -0.950. The van der Waals surface area contributed by atoms with Crippen molar-refractivity contribution in [1.82, 2.24) is 0 Å². The van der Waals surface area contributed by atoms with Gasteiger partial charge >= 0.3 is 10.4 Å². The summed E-state index contributed by atoms with van der Waals surface area (Å²) in [7, 11) is -3.93. The molecule has 2 N–H and O–H groups in total. The number of nitrogens with two attached hydrogens (primary N) is 1. The Labute approximate surface area is 82.9 Å². The molecular formula is C6H4BrNO4S. The number of hydrogen-bond donors (Lipinski definition) is 1. The van der Waals surface area contributed by atoms with E-state index >= 15 is 0 Å². The molecule has 1 aliphatic rings. The van der Waals surface area contributed by atoms with Crippen molar-refractivity contribution < 1.29 is 16.8 Å². The third-order valence-corrected chi connectivity index (χ3v) is 3.04. The Morgan fingerprint density at radius 1 is 1.31 bits per heavy atom. The van der Waals surface area contributed by atoms with E-state index in [1.54, 1.807) is 0 Å². The third kappa shape index (κ3) is 1.33.